The monoisotopic (exact) mass is 332 g/mol. The summed E-state index contributed by atoms with van der Waals surface area (Å²) in [5.74, 6) is -0.893. The quantitative estimate of drug-likeness (QED) is 0.740. The fourth-order valence-electron chi connectivity index (χ4n) is 2.11. The topological polar surface area (TPSA) is 122 Å². The number of urea groups is 1. The first-order valence-corrected chi connectivity index (χ1v) is 7.42. The number of nitrogens with one attached hydrogen (secondary N) is 2. The Balaban J connectivity index is 2.06. The lowest BCUT2D eigenvalue weighted by Crippen LogP contribution is -2.45. The molecule has 0 fully saturated rings. The molecule has 2 rings (SSSR count). The number of rotatable bonds is 6. The Bertz CT molecular complexity index is 727. The van der Waals surface area contributed by atoms with Crippen LogP contribution >= 0.6 is 0 Å². The zero-order valence-corrected chi connectivity index (χ0v) is 13.8. The number of carboxylic acid groups (broad SMARTS) is 1. The average Bonchev–Trinajstić information content (AvgIpc) is 3.01. The van der Waals surface area contributed by atoms with E-state index in [1.165, 1.54) is 11.0 Å². The first kappa shape index (κ1) is 17.4. The molecule has 2 amide bonds. The Kier molecular flexibility index (Phi) is 5.12. The van der Waals surface area contributed by atoms with Crippen molar-refractivity contribution in [3.05, 3.63) is 30.1 Å². The van der Waals surface area contributed by atoms with Gasteiger partial charge in [-0.2, -0.15) is 0 Å². The van der Waals surface area contributed by atoms with Gasteiger partial charge in [0.2, 0.25) is 0 Å². The van der Waals surface area contributed by atoms with Crippen molar-refractivity contribution in [1.29, 1.82) is 0 Å². The zero-order valence-electron chi connectivity index (χ0n) is 13.8. The van der Waals surface area contributed by atoms with E-state index in [0.29, 0.717) is 17.8 Å². The molecule has 1 heterocycles. The largest absolute Gasteiger partial charge is 0.481 e. The van der Waals surface area contributed by atoms with Gasteiger partial charge in [-0.3, -0.25) is 4.79 Å². The molecule has 3 N–H and O–H groups in total. The second-order valence-corrected chi connectivity index (χ2v) is 6.11. The minimum absolute atomic E-state index is 0.0128. The second kappa shape index (κ2) is 7.07. The summed E-state index contributed by atoms with van der Waals surface area (Å²) in [7, 11) is 0. The Morgan fingerprint density at radius 3 is 2.71 bits per heavy atom. The summed E-state index contributed by atoms with van der Waals surface area (Å²) >= 11 is 0. The predicted octanol–water partition coefficient (Wildman–Crippen LogP) is 1.74. The number of carbonyl (C=O) groups is 2. The summed E-state index contributed by atoms with van der Waals surface area (Å²) in [6.07, 6.45) is 1.78. The highest BCUT2D eigenvalue weighted by Crippen LogP contribution is 2.19. The molecular formula is C15H20N6O3. The van der Waals surface area contributed by atoms with Gasteiger partial charge in [-0.1, -0.05) is 6.07 Å². The number of anilines is 1. The van der Waals surface area contributed by atoms with Gasteiger partial charge in [0.15, 0.2) is 0 Å². The molecule has 1 aromatic heterocycles. The minimum Gasteiger partial charge on any atom is -0.481 e. The molecule has 9 heteroatoms. The Morgan fingerprint density at radius 1 is 1.33 bits per heavy atom. The number of amides is 2. The Morgan fingerprint density at radius 2 is 2.08 bits per heavy atom. The summed E-state index contributed by atoms with van der Waals surface area (Å²) in [6.45, 7) is 5.42. The van der Waals surface area contributed by atoms with E-state index in [0.717, 1.165) is 5.56 Å². The number of benzene rings is 1. The summed E-state index contributed by atoms with van der Waals surface area (Å²) in [5.41, 5.74) is 1.58. The third-order valence-electron chi connectivity index (χ3n) is 3.50. The van der Waals surface area contributed by atoms with E-state index in [1.807, 2.05) is 19.1 Å². The number of hydrogen-bond acceptors (Lipinski definition) is 5. The predicted molar refractivity (Wildman–Crippen MR) is 87.0 cm³/mol. The second-order valence-electron chi connectivity index (χ2n) is 6.11. The molecule has 0 aliphatic rings. The Labute approximate surface area is 139 Å². The van der Waals surface area contributed by atoms with Crippen molar-refractivity contribution < 1.29 is 14.7 Å². The fraction of sp³-hybridized carbons (Fsp3) is 0.400. The maximum absolute atomic E-state index is 12.2. The first-order chi connectivity index (χ1) is 11.3. The van der Waals surface area contributed by atoms with Crippen LogP contribution in [0.3, 0.4) is 0 Å². The van der Waals surface area contributed by atoms with Crippen molar-refractivity contribution >= 4 is 17.7 Å². The van der Waals surface area contributed by atoms with Gasteiger partial charge in [-0.15, -0.1) is 5.10 Å². The van der Waals surface area contributed by atoms with Crippen LogP contribution in [0.2, 0.25) is 0 Å². The van der Waals surface area contributed by atoms with Gasteiger partial charge in [0.25, 0.3) is 0 Å². The number of carboxylic acids is 1. The summed E-state index contributed by atoms with van der Waals surface area (Å²) < 4.78 is 1.49. The molecule has 0 aliphatic carbocycles. The molecule has 0 aliphatic heterocycles. The van der Waals surface area contributed by atoms with Crippen LogP contribution in [0, 0.1) is 6.92 Å². The van der Waals surface area contributed by atoms with Gasteiger partial charge in [0.1, 0.15) is 6.33 Å². The van der Waals surface area contributed by atoms with Gasteiger partial charge in [0.05, 0.1) is 5.69 Å². The first-order valence-electron chi connectivity index (χ1n) is 7.42. The number of nitrogens with zero attached hydrogens (tertiary/aromatic N) is 4. The van der Waals surface area contributed by atoms with Crippen LogP contribution in [-0.2, 0) is 4.79 Å². The molecule has 1 aromatic carbocycles. The summed E-state index contributed by atoms with van der Waals surface area (Å²) in [5, 5.41) is 25.3. The maximum Gasteiger partial charge on any atom is 0.319 e. The zero-order chi connectivity index (χ0) is 17.7. The van der Waals surface area contributed by atoms with E-state index >= 15 is 0 Å². The van der Waals surface area contributed by atoms with Gasteiger partial charge in [-0.05, 0) is 55.3 Å². The van der Waals surface area contributed by atoms with Crippen LogP contribution in [0.4, 0.5) is 10.5 Å². The van der Waals surface area contributed by atoms with Crippen molar-refractivity contribution in [2.24, 2.45) is 0 Å². The number of hydrogen-bond donors (Lipinski definition) is 3. The molecule has 0 spiro atoms. The molecular weight excluding hydrogens is 312 g/mol. The van der Waals surface area contributed by atoms with Crippen LogP contribution in [0.1, 0.15) is 32.3 Å². The lowest BCUT2D eigenvalue weighted by atomic mass is 9.99. The lowest BCUT2D eigenvalue weighted by molar-refractivity contribution is -0.137. The summed E-state index contributed by atoms with van der Waals surface area (Å²) in [6, 6.07) is 5.05. The van der Waals surface area contributed by atoms with Crippen LogP contribution in [0.5, 0.6) is 0 Å². The molecule has 0 radical (unpaired) electrons. The molecule has 0 bridgehead atoms. The van der Waals surface area contributed by atoms with E-state index in [2.05, 4.69) is 26.2 Å². The van der Waals surface area contributed by atoms with Gasteiger partial charge in [-0.25, -0.2) is 9.48 Å². The molecule has 9 nitrogen and oxygen atoms in total. The van der Waals surface area contributed by atoms with E-state index in [9.17, 15) is 9.59 Å². The molecule has 0 saturated heterocycles. The SMILES string of the molecule is Cc1ccc(-n2cnnn2)cc1NC(=O)NC(C)(C)CCC(=O)O. The van der Waals surface area contributed by atoms with Gasteiger partial charge in [0, 0.05) is 17.6 Å². The maximum atomic E-state index is 12.2. The van der Waals surface area contributed by atoms with Crippen LogP contribution in [0.15, 0.2) is 24.5 Å². The molecule has 0 unspecified atom stereocenters. The Hall–Kier alpha value is -2.97. The van der Waals surface area contributed by atoms with E-state index in [1.54, 1.807) is 19.9 Å². The van der Waals surface area contributed by atoms with Crippen molar-refractivity contribution in [3.8, 4) is 5.69 Å². The number of tetrazole rings is 1. The molecule has 128 valence electrons. The fourth-order valence-corrected chi connectivity index (χ4v) is 2.11. The van der Waals surface area contributed by atoms with E-state index < -0.39 is 17.5 Å². The molecule has 24 heavy (non-hydrogen) atoms. The highest BCUT2D eigenvalue weighted by molar-refractivity contribution is 5.91. The van der Waals surface area contributed by atoms with E-state index in [4.69, 9.17) is 5.11 Å². The van der Waals surface area contributed by atoms with Crippen LogP contribution in [-0.4, -0.2) is 42.9 Å². The molecule has 0 saturated carbocycles. The third kappa shape index (κ3) is 4.77. The van der Waals surface area contributed by atoms with E-state index in [-0.39, 0.29) is 6.42 Å². The van der Waals surface area contributed by atoms with Crippen molar-refractivity contribution in [3.63, 3.8) is 0 Å². The molecule has 2 aromatic rings. The van der Waals surface area contributed by atoms with Crippen LogP contribution < -0.4 is 10.6 Å². The third-order valence-corrected chi connectivity index (χ3v) is 3.50. The number of aliphatic carboxylic acids is 1. The van der Waals surface area contributed by atoms with Crippen LogP contribution in [0.25, 0.3) is 5.69 Å². The minimum atomic E-state index is -0.893. The number of aryl methyl sites for hydroxylation is 1. The van der Waals surface area contributed by atoms with Gasteiger partial charge < -0.3 is 15.7 Å². The number of carbonyl (C=O) groups excluding carboxylic acids is 1. The smallest absolute Gasteiger partial charge is 0.319 e. The highest BCUT2D eigenvalue weighted by Gasteiger charge is 2.21. The standard InChI is InChI=1S/C15H20N6O3/c1-10-4-5-11(21-9-16-19-20-21)8-12(10)17-14(24)18-15(2,3)7-6-13(22)23/h4-5,8-9H,6-7H2,1-3H3,(H,22,23)(H2,17,18,24). The van der Waals surface area contributed by atoms with Crippen molar-refractivity contribution in [2.45, 2.75) is 39.2 Å². The average molecular weight is 332 g/mol. The van der Waals surface area contributed by atoms with Crippen molar-refractivity contribution in [1.82, 2.24) is 25.5 Å². The molecule has 0 atom stereocenters. The summed E-state index contributed by atoms with van der Waals surface area (Å²) in [4.78, 5) is 22.9. The van der Waals surface area contributed by atoms with Crippen molar-refractivity contribution in [2.75, 3.05) is 5.32 Å². The number of aromatic nitrogens is 4. The highest BCUT2D eigenvalue weighted by atomic mass is 16.4. The normalized spacial score (nSPS) is 11.1. The van der Waals surface area contributed by atoms with Gasteiger partial charge >= 0.3 is 12.0 Å². The lowest BCUT2D eigenvalue weighted by Gasteiger charge is -2.26.